The van der Waals surface area contributed by atoms with Crippen molar-refractivity contribution in [2.75, 3.05) is 0 Å². The van der Waals surface area contributed by atoms with Gasteiger partial charge < -0.3 is 5.11 Å². The van der Waals surface area contributed by atoms with Crippen LogP contribution < -0.4 is 0 Å². The van der Waals surface area contributed by atoms with Crippen LogP contribution >= 0.6 is 0 Å². The zero-order chi connectivity index (χ0) is 8.55. The first-order chi connectivity index (χ1) is 5.75. The second kappa shape index (κ2) is 3.08. The number of carbonyl (C=O) groups is 1. The lowest BCUT2D eigenvalue weighted by atomic mass is 9.68. The van der Waals surface area contributed by atoms with Crippen molar-refractivity contribution < 1.29 is 9.90 Å². The van der Waals surface area contributed by atoms with Gasteiger partial charge in [-0.1, -0.05) is 19.3 Å². The third kappa shape index (κ3) is 1.47. The van der Waals surface area contributed by atoms with E-state index in [0.717, 1.165) is 24.7 Å². The van der Waals surface area contributed by atoms with Gasteiger partial charge in [-0.05, 0) is 31.1 Å². The third-order valence-corrected chi connectivity index (χ3v) is 3.48. The van der Waals surface area contributed by atoms with Crippen molar-refractivity contribution in [3.05, 3.63) is 0 Å². The quantitative estimate of drug-likeness (QED) is 0.652. The zero-order valence-corrected chi connectivity index (χ0v) is 7.33. The molecule has 0 aromatic heterocycles. The molecular formula is C10H16O2. The summed E-state index contributed by atoms with van der Waals surface area (Å²) in [6, 6.07) is 0. The molecule has 2 rings (SSSR count). The van der Waals surface area contributed by atoms with E-state index in [2.05, 4.69) is 0 Å². The van der Waals surface area contributed by atoms with E-state index in [9.17, 15) is 4.79 Å². The molecule has 2 nitrogen and oxygen atoms in total. The predicted molar refractivity (Wildman–Crippen MR) is 45.8 cm³/mol. The summed E-state index contributed by atoms with van der Waals surface area (Å²) in [5.41, 5.74) is 0. The minimum Gasteiger partial charge on any atom is -0.481 e. The minimum atomic E-state index is -0.563. The van der Waals surface area contributed by atoms with Crippen molar-refractivity contribution in [1.29, 1.82) is 0 Å². The van der Waals surface area contributed by atoms with Crippen LogP contribution in [0.2, 0.25) is 0 Å². The molecule has 0 spiro atoms. The summed E-state index contributed by atoms with van der Waals surface area (Å²) in [6.45, 7) is 0. The molecule has 2 aliphatic rings. The standard InChI is InChI=1S/C10H16O2/c11-10(12)9-5-7-2-1-3-8(4-7)6-9/h7-9H,1-6H2,(H,11,12)/t7-,8+,9+. The maximum Gasteiger partial charge on any atom is 0.306 e. The van der Waals surface area contributed by atoms with Crippen LogP contribution in [0.3, 0.4) is 0 Å². The van der Waals surface area contributed by atoms with Crippen LogP contribution in [-0.2, 0) is 4.79 Å². The largest absolute Gasteiger partial charge is 0.481 e. The maximum absolute atomic E-state index is 10.8. The Balaban J connectivity index is 2.00. The first-order valence-corrected chi connectivity index (χ1v) is 4.98. The third-order valence-electron chi connectivity index (χ3n) is 3.48. The van der Waals surface area contributed by atoms with Crippen LogP contribution in [0.15, 0.2) is 0 Å². The summed E-state index contributed by atoms with van der Waals surface area (Å²) in [5, 5.41) is 8.89. The van der Waals surface area contributed by atoms with E-state index in [1.807, 2.05) is 0 Å². The highest BCUT2D eigenvalue weighted by molar-refractivity contribution is 5.70. The second-order valence-electron chi connectivity index (χ2n) is 4.41. The Kier molecular flexibility index (Phi) is 2.07. The van der Waals surface area contributed by atoms with Crippen LogP contribution in [-0.4, -0.2) is 11.1 Å². The summed E-state index contributed by atoms with van der Waals surface area (Å²) in [5.74, 6) is 0.887. The summed E-state index contributed by atoms with van der Waals surface area (Å²) in [7, 11) is 0. The number of fused-ring (bicyclic) bond motifs is 2. The molecule has 0 unspecified atom stereocenters. The van der Waals surface area contributed by atoms with Crippen molar-refractivity contribution in [2.24, 2.45) is 17.8 Å². The molecule has 0 aromatic carbocycles. The zero-order valence-electron chi connectivity index (χ0n) is 7.33. The molecule has 2 bridgehead atoms. The molecule has 0 aromatic rings. The molecule has 3 atom stereocenters. The van der Waals surface area contributed by atoms with Gasteiger partial charge in [0.05, 0.1) is 5.92 Å². The van der Waals surface area contributed by atoms with Crippen molar-refractivity contribution in [1.82, 2.24) is 0 Å². The Labute approximate surface area is 73.0 Å². The van der Waals surface area contributed by atoms with Crippen LogP contribution in [0.1, 0.15) is 38.5 Å². The van der Waals surface area contributed by atoms with Gasteiger partial charge in [0.1, 0.15) is 0 Å². The van der Waals surface area contributed by atoms with Gasteiger partial charge in [0.15, 0.2) is 0 Å². The van der Waals surface area contributed by atoms with Gasteiger partial charge in [-0.25, -0.2) is 0 Å². The second-order valence-corrected chi connectivity index (χ2v) is 4.41. The highest BCUT2D eigenvalue weighted by Crippen LogP contribution is 2.42. The number of carboxylic acid groups (broad SMARTS) is 1. The molecule has 2 aliphatic carbocycles. The van der Waals surface area contributed by atoms with E-state index < -0.39 is 5.97 Å². The first-order valence-electron chi connectivity index (χ1n) is 4.98. The molecule has 0 heterocycles. The number of rotatable bonds is 1. The van der Waals surface area contributed by atoms with Gasteiger partial charge >= 0.3 is 5.97 Å². The van der Waals surface area contributed by atoms with Crippen LogP contribution in [0.5, 0.6) is 0 Å². The average Bonchev–Trinajstić information content (AvgIpc) is 2.03. The van der Waals surface area contributed by atoms with Crippen molar-refractivity contribution >= 4 is 5.97 Å². The summed E-state index contributed by atoms with van der Waals surface area (Å²) in [6.07, 6.45) is 7.10. The smallest absolute Gasteiger partial charge is 0.306 e. The van der Waals surface area contributed by atoms with Gasteiger partial charge in [0.2, 0.25) is 0 Å². The SMILES string of the molecule is O=C(O)[C@H]1C[C@@H]2CCC[C@@H](C2)C1. The van der Waals surface area contributed by atoms with E-state index in [4.69, 9.17) is 5.11 Å². The van der Waals surface area contributed by atoms with Gasteiger partial charge in [-0.2, -0.15) is 0 Å². The van der Waals surface area contributed by atoms with Gasteiger partial charge in [0.25, 0.3) is 0 Å². The number of carboxylic acids is 1. The van der Waals surface area contributed by atoms with Crippen molar-refractivity contribution in [3.63, 3.8) is 0 Å². The van der Waals surface area contributed by atoms with E-state index in [0.29, 0.717) is 0 Å². The Bertz CT molecular complexity index is 176. The van der Waals surface area contributed by atoms with E-state index >= 15 is 0 Å². The number of hydrogen-bond acceptors (Lipinski definition) is 1. The Morgan fingerprint density at radius 2 is 1.67 bits per heavy atom. The first kappa shape index (κ1) is 8.09. The van der Waals surface area contributed by atoms with Crippen LogP contribution in [0.4, 0.5) is 0 Å². The fourth-order valence-corrected chi connectivity index (χ4v) is 2.93. The Hall–Kier alpha value is -0.530. The molecule has 2 heteroatoms. The Morgan fingerprint density at radius 1 is 1.08 bits per heavy atom. The molecule has 68 valence electrons. The molecule has 0 radical (unpaired) electrons. The van der Waals surface area contributed by atoms with Crippen LogP contribution in [0, 0.1) is 17.8 Å². The minimum absolute atomic E-state index is 0.0194. The predicted octanol–water partition coefficient (Wildman–Crippen LogP) is 2.29. The van der Waals surface area contributed by atoms with E-state index in [1.165, 1.54) is 25.7 Å². The molecular weight excluding hydrogens is 152 g/mol. The molecule has 0 amide bonds. The van der Waals surface area contributed by atoms with Crippen molar-refractivity contribution in [3.8, 4) is 0 Å². The van der Waals surface area contributed by atoms with Gasteiger partial charge in [0, 0.05) is 0 Å². The lowest BCUT2D eigenvalue weighted by Crippen LogP contribution is -2.30. The number of aliphatic carboxylic acids is 1. The maximum atomic E-state index is 10.8. The molecule has 0 aliphatic heterocycles. The van der Waals surface area contributed by atoms with Crippen molar-refractivity contribution in [2.45, 2.75) is 38.5 Å². The fourth-order valence-electron chi connectivity index (χ4n) is 2.93. The fraction of sp³-hybridized carbons (Fsp3) is 0.900. The average molecular weight is 168 g/mol. The summed E-state index contributed by atoms with van der Waals surface area (Å²) in [4.78, 5) is 10.8. The summed E-state index contributed by atoms with van der Waals surface area (Å²) >= 11 is 0. The monoisotopic (exact) mass is 168 g/mol. The van der Waals surface area contributed by atoms with E-state index in [-0.39, 0.29) is 5.92 Å². The number of hydrogen-bond donors (Lipinski definition) is 1. The van der Waals surface area contributed by atoms with Gasteiger partial charge in [-0.3, -0.25) is 4.79 Å². The molecule has 12 heavy (non-hydrogen) atoms. The highest BCUT2D eigenvalue weighted by atomic mass is 16.4. The topological polar surface area (TPSA) is 37.3 Å². The molecule has 0 saturated heterocycles. The van der Waals surface area contributed by atoms with E-state index in [1.54, 1.807) is 0 Å². The lowest BCUT2D eigenvalue weighted by Gasteiger charge is -2.37. The molecule has 1 N–H and O–H groups in total. The van der Waals surface area contributed by atoms with Gasteiger partial charge in [-0.15, -0.1) is 0 Å². The molecule has 2 saturated carbocycles. The Morgan fingerprint density at radius 3 is 2.17 bits per heavy atom. The highest BCUT2D eigenvalue weighted by Gasteiger charge is 2.34. The normalized spacial score (nSPS) is 40.8. The molecule has 2 fully saturated rings. The summed E-state index contributed by atoms with van der Waals surface area (Å²) < 4.78 is 0. The lowest BCUT2D eigenvalue weighted by molar-refractivity contribution is -0.144. The van der Waals surface area contributed by atoms with Crippen LogP contribution in [0.25, 0.3) is 0 Å².